The van der Waals surface area contributed by atoms with Crippen LogP contribution >= 0.6 is 47.2 Å². The quantitative estimate of drug-likeness (QED) is 0.538. The molecule has 2 rings (SSSR count). The lowest BCUT2D eigenvalue weighted by molar-refractivity contribution is 0.990. The van der Waals surface area contributed by atoms with Gasteiger partial charge in [0, 0.05) is 23.1 Å². The van der Waals surface area contributed by atoms with Gasteiger partial charge in [0.05, 0.1) is 10.7 Å². The fraction of sp³-hybridized carbons (Fsp3) is 0.188. The van der Waals surface area contributed by atoms with Crippen LogP contribution < -0.4 is 10.6 Å². The summed E-state index contributed by atoms with van der Waals surface area (Å²) < 4.78 is 0. The van der Waals surface area contributed by atoms with Crippen molar-refractivity contribution in [1.29, 1.82) is 0 Å². The first-order valence-electron chi connectivity index (χ1n) is 6.77. The molecule has 0 atom stereocenters. The van der Waals surface area contributed by atoms with Gasteiger partial charge in [-0.1, -0.05) is 47.5 Å². The van der Waals surface area contributed by atoms with Gasteiger partial charge in [-0.05, 0) is 42.0 Å². The molecule has 2 nitrogen and oxygen atoms in total. The normalized spacial score (nSPS) is 10.3. The van der Waals surface area contributed by atoms with Crippen molar-refractivity contribution in [2.45, 2.75) is 5.75 Å². The molecular formula is C16H16Cl2N2S2. The van der Waals surface area contributed by atoms with Crippen LogP contribution in [0.3, 0.4) is 0 Å². The Bertz CT molecular complexity index is 618. The van der Waals surface area contributed by atoms with Crippen LogP contribution in [0, 0.1) is 0 Å². The van der Waals surface area contributed by atoms with Gasteiger partial charge in [-0.15, -0.1) is 0 Å². The molecule has 2 aromatic rings. The first kappa shape index (κ1) is 17.4. The third-order valence-electron chi connectivity index (χ3n) is 2.84. The van der Waals surface area contributed by atoms with Gasteiger partial charge in [0.1, 0.15) is 0 Å². The predicted molar refractivity (Wildman–Crippen MR) is 103 cm³/mol. The lowest BCUT2D eigenvalue weighted by Gasteiger charge is -2.11. The molecule has 0 heterocycles. The minimum Gasteiger partial charge on any atom is -0.362 e. The Morgan fingerprint density at radius 2 is 1.77 bits per heavy atom. The Balaban J connectivity index is 1.63. The second-order valence-electron chi connectivity index (χ2n) is 4.54. The van der Waals surface area contributed by atoms with Crippen LogP contribution in [-0.2, 0) is 5.75 Å². The summed E-state index contributed by atoms with van der Waals surface area (Å²) in [7, 11) is 0. The lowest BCUT2D eigenvalue weighted by Crippen LogP contribution is -2.30. The maximum absolute atomic E-state index is 6.07. The SMILES string of the molecule is S=C(NCCSCc1ccc(Cl)cc1)Nc1ccccc1Cl. The maximum Gasteiger partial charge on any atom is 0.170 e. The van der Waals surface area contributed by atoms with Crippen molar-refractivity contribution in [3.63, 3.8) is 0 Å². The zero-order valence-corrected chi connectivity index (χ0v) is 15.0. The van der Waals surface area contributed by atoms with E-state index in [4.69, 9.17) is 35.4 Å². The number of benzene rings is 2. The summed E-state index contributed by atoms with van der Waals surface area (Å²) in [6.45, 7) is 0.800. The van der Waals surface area contributed by atoms with Crippen LogP contribution in [0.4, 0.5) is 5.69 Å². The predicted octanol–water partition coefficient (Wildman–Crippen LogP) is 5.21. The number of thioether (sulfide) groups is 1. The van der Waals surface area contributed by atoms with E-state index < -0.39 is 0 Å². The standard InChI is InChI=1S/C16H16Cl2N2S2/c17-13-7-5-12(6-8-13)11-22-10-9-19-16(21)20-15-4-2-1-3-14(15)18/h1-8H,9-11H2,(H2,19,20,21). The number of hydrogen-bond donors (Lipinski definition) is 2. The number of thiocarbonyl (C=S) groups is 1. The third kappa shape index (κ3) is 6.05. The molecule has 0 aromatic heterocycles. The van der Waals surface area contributed by atoms with Gasteiger partial charge in [-0.2, -0.15) is 11.8 Å². The van der Waals surface area contributed by atoms with E-state index in [2.05, 4.69) is 10.6 Å². The lowest BCUT2D eigenvalue weighted by atomic mass is 10.2. The smallest absolute Gasteiger partial charge is 0.170 e. The first-order valence-corrected chi connectivity index (χ1v) is 9.08. The Morgan fingerprint density at radius 3 is 2.50 bits per heavy atom. The van der Waals surface area contributed by atoms with E-state index >= 15 is 0 Å². The number of para-hydroxylation sites is 1. The van der Waals surface area contributed by atoms with E-state index in [1.165, 1.54) is 5.56 Å². The molecule has 0 amide bonds. The zero-order chi connectivity index (χ0) is 15.8. The van der Waals surface area contributed by atoms with E-state index in [9.17, 15) is 0 Å². The van der Waals surface area contributed by atoms with Crippen molar-refractivity contribution in [2.75, 3.05) is 17.6 Å². The number of nitrogens with one attached hydrogen (secondary N) is 2. The minimum atomic E-state index is 0.584. The van der Waals surface area contributed by atoms with E-state index in [0.717, 1.165) is 28.8 Å². The fourth-order valence-corrected chi connectivity index (χ4v) is 3.08. The van der Waals surface area contributed by atoms with Crippen molar-refractivity contribution in [2.24, 2.45) is 0 Å². The summed E-state index contributed by atoms with van der Waals surface area (Å²) in [5, 5.41) is 8.27. The van der Waals surface area contributed by atoms with Crippen molar-refractivity contribution < 1.29 is 0 Å². The highest BCUT2D eigenvalue weighted by molar-refractivity contribution is 7.98. The van der Waals surface area contributed by atoms with Gasteiger partial charge in [0.2, 0.25) is 0 Å². The third-order valence-corrected chi connectivity index (χ3v) is 4.69. The topological polar surface area (TPSA) is 24.1 Å². The minimum absolute atomic E-state index is 0.584. The number of rotatable bonds is 6. The monoisotopic (exact) mass is 370 g/mol. The van der Waals surface area contributed by atoms with Gasteiger partial charge in [0.25, 0.3) is 0 Å². The Morgan fingerprint density at radius 1 is 1.05 bits per heavy atom. The van der Waals surface area contributed by atoms with E-state index in [1.54, 1.807) is 0 Å². The Labute approximate surface area is 150 Å². The summed E-state index contributed by atoms with van der Waals surface area (Å²) in [6, 6.07) is 15.5. The molecule has 0 aliphatic rings. The van der Waals surface area contributed by atoms with Crippen LogP contribution in [0.15, 0.2) is 48.5 Å². The Hall–Kier alpha value is -0.940. The number of anilines is 1. The zero-order valence-electron chi connectivity index (χ0n) is 11.8. The summed E-state index contributed by atoms with van der Waals surface area (Å²) in [5.41, 5.74) is 2.08. The highest BCUT2D eigenvalue weighted by atomic mass is 35.5. The second-order valence-corrected chi connectivity index (χ2v) is 6.90. The van der Waals surface area contributed by atoms with Crippen LogP contribution in [0.1, 0.15) is 5.56 Å². The molecule has 0 saturated carbocycles. The molecule has 0 radical (unpaired) electrons. The van der Waals surface area contributed by atoms with Crippen LogP contribution in [-0.4, -0.2) is 17.4 Å². The first-order chi connectivity index (χ1) is 10.6. The van der Waals surface area contributed by atoms with Gasteiger partial charge >= 0.3 is 0 Å². The summed E-state index contributed by atoms with van der Waals surface area (Å²) >= 11 is 19.0. The molecule has 2 N–H and O–H groups in total. The van der Waals surface area contributed by atoms with Crippen molar-refractivity contribution >= 4 is 58.0 Å². The average molecular weight is 371 g/mol. The molecule has 6 heteroatoms. The molecule has 0 aliphatic carbocycles. The molecular weight excluding hydrogens is 355 g/mol. The van der Waals surface area contributed by atoms with Gasteiger partial charge in [0.15, 0.2) is 5.11 Å². The number of halogens is 2. The average Bonchev–Trinajstić information content (AvgIpc) is 2.51. The molecule has 0 bridgehead atoms. The number of hydrogen-bond acceptors (Lipinski definition) is 2. The highest BCUT2D eigenvalue weighted by Gasteiger charge is 2.01. The molecule has 0 saturated heterocycles. The molecule has 0 spiro atoms. The second kappa shape index (κ2) is 9.26. The van der Waals surface area contributed by atoms with Crippen molar-refractivity contribution in [3.05, 3.63) is 64.1 Å². The summed E-state index contributed by atoms with van der Waals surface area (Å²) in [5.74, 6) is 1.93. The van der Waals surface area contributed by atoms with Gasteiger partial charge < -0.3 is 10.6 Å². The van der Waals surface area contributed by atoms with Gasteiger partial charge in [-0.25, -0.2) is 0 Å². The highest BCUT2D eigenvalue weighted by Crippen LogP contribution is 2.20. The Kier molecular flexibility index (Phi) is 7.33. The van der Waals surface area contributed by atoms with Gasteiger partial charge in [-0.3, -0.25) is 0 Å². The fourth-order valence-electron chi connectivity index (χ4n) is 1.74. The molecule has 22 heavy (non-hydrogen) atoms. The molecule has 0 aliphatic heterocycles. The van der Waals surface area contributed by atoms with Crippen molar-refractivity contribution in [1.82, 2.24) is 5.32 Å². The van der Waals surface area contributed by atoms with Crippen LogP contribution in [0.2, 0.25) is 10.0 Å². The van der Waals surface area contributed by atoms with Crippen molar-refractivity contribution in [3.8, 4) is 0 Å². The maximum atomic E-state index is 6.07. The largest absolute Gasteiger partial charge is 0.362 e. The van der Waals surface area contributed by atoms with E-state index in [-0.39, 0.29) is 0 Å². The van der Waals surface area contributed by atoms with Crippen LogP contribution in [0.25, 0.3) is 0 Å². The summed E-state index contributed by atoms with van der Waals surface area (Å²) in [4.78, 5) is 0. The molecule has 0 fully saturated rings. The molecule has 2 aromatic carbocycles. The van der Waals surface area contributed by atoms with Crippen LogP contribution in [0.5, 0.6) is 0 Å². The van der Waals surface area contributed by atoms with E-state index in [0.29, 0.717) is 10.1 Å². The molecule has 0 unspecified atom stereocenters. The summed E-state index contributed by atoms with van der Waals surface area (Å²) in [6.07, 6.45) is 0. The van der Waals surface area contributed by atoms with E-state index in [1.807, 2.05) is 60.3 Å². The molecule has 116 valence electrons.